The molecule has 1 saturated carbocycles. The van der Waals surface area contributed by atoms with E-state index >= 15 is 0 Å². The fourth-order valence-electron chi connectivity index (χ4n) is 4.68. The van der Waals surface area contributed by atoms with E-state index in [2.05, 4.69) is 0 Å². The van der Waals surface area contributed by atoms with Gasteiger partial charge in [0.25, 0.3) is 5.56 Å². The number of carboxylic acid groups (broad SMARTS) is 1. The van der Waals surface area contributed by atoms with Crippen LogP contribution in [0, 0.1) is 16.7 Å². The molecule has 2 aromatic rings. The summed E-state index contributed by atoms with van der Waals surface area (Å²) in [5, 5.41) is 17.4. The van der Waals surface area contributed by atoms with E-state index in [4.69, 9.17) is 5.73 Å². The molecule has 4 rings (SSSR count). The molecule has 1 aliphatic carbocycles. The quantitative estimate of drug-likeness (QED) is 0.564. The number of halogens is 3. The Morgan fingerprint density at radius 3 is 2.44 bits per heavy atom. The third-order valence-corrected chi connectivity index (χ3v) is 8.85. The zero-order chi connectivity index (χ0) is 26.6. The highest BCUT2D eigenvalue weighted by molar-refractivity contribution is 7.92. The molecule has 0 radical (unpaired) electrons. The number of carboxylic acids is 1. The molecular formula is C22H19F3N4O6S. The van der Waals surface area contributed by atoms with Crippen LogP contribution in [0.2, 0.25) is 0 Å². The summed E-state index contributed by atoms with van der Waals surface area (Å²) >= 11 is 0. The molecule has 0 spiro atoms. The summed E-state index contributed by atoms with van der Waals surface area (Å²) in [5.74, 6) is -2.43. The highest BCUT2D eigenvalue weighted by Gasteiger charge is 2.66. The van der Waals surface area contributed by atoms with E-state index in [1.165, 1.54) is 18.3 Å². The lowest BCUT2D eigenvalue weighted by atomic mass is 10.1. The highest BCUT2D eigenvalue weighted by Crippen LogP contribution is 2.51. The van der Waals surface area contributed by atoms with Crippen molar-refractivity contribution in [3.8, 4) is 11.8 Å². The molecule has 190 valence electrons. The predicted octanol–water partition coefficient (Wildman–Crippen LogP) is 0.925. The maximum absolute atomic E-state index is 14.0. The maximum Gasteiger partial charge on any atom is 0.417 e. The number of benzene rings is 1. The van der Waals surface area contributed by atoms with Gasteiger partial charge in [-0.25, -0.2) is 8.42 Å². The Hall–Kier alpha value is -3.70. The number of nitrogens with two attached hydrogens (primary N) is 1. The Morgan fingerprint density at radius 2 is 1.92 bits per heavy atom. The Kier molecular flexibility index (Phi) is 5.96. The van der Waals surface area contributed by atoms with Gasteiger partial charge in [-0.2, -0.15) is 18.4 Å². The number of likely N-dealkylation sites (tertiary alicyclic amines) is 1. The molecule has 36 heavy (non-hydrogen) atoms. The van der Waals surface area contributed by atoms with Gasteiger partial charge in [0, 0.05) is 30.5 Å². The number of aromatic nitrogens is 1. The van der Waals surface area contributed by atoms with Gasteiger partial charge >= 0.3 is 12.1 Å². The number of hydrogen-bond donors (Lipinski definition) is 2. The van der Waals surface area contributed by atoms with Crippen LogP contribution >= 0.6 is 0 Å². The van der Waals surface area contributed by atoms with Crippen LogP contribution in [-0.4, -0.2) is 58.7 Å². The lowest BCUT2D eigenvalue weighted by Crippen LogP contribution is -2.42. The van der Waals surface area contributed by atoms with E-state index in [0.717, 1.165) is 27.7 Å². The molecule has 14 heteroatoms. The second-order valence-corrected chi connectivity index (χ2v) is 10.9. The first-order valence-corrected chi connectivity index (χ1v) is 12.1. The lowest BCUT2D eigenvalue weighted by Gasteiger charge is -2.22. The zero-order valence-electron chi connectivity index (χ0n) is 18.3. The molecule has 1 amide bonds. The summed E-state index contributed by atoms with van der Waals surface area (Å²) in [7, 11) is -4.74. The molecule has 1 aliphatic heterocycles. The topological polar surface area (TPSA) is 164 Å². The van der Waals surface area contributed by atoms with Gasteiger partial charge in [0.2, 0.25) is 5.91 Å². The Balaban J connectivity index is 1.75. The third-order valence-electron chi connectivity index (χ3n) is 6.66. The number of carbonyl (C=O) groups is 2. The van der Waals surface area contributed by atoms with Gasteiger partial charge in [-0.15, -0.1) is 0 Å². The van der Waals surface area contributed by atoms with Crippen molar-refractivity contribution in [2.75, 3.05) is 6.54 Å². The van der Waals surface area contributed by atoms with Crippen molar-refractivity contribution in [3.63, 3.8) is 0 Å². The predicted molar refractivity (Wildman–Crippen MR) is 116 cm³/mol. The van der Waals surface area contributed by atoms with E-state index in [1.54, 1.807) is 6.07 Å². The standard InChI is InChI=1S/C22H19F3N4O6S/c23-22(24,25)14-7-12(28-6-2-1-3-18(28)30)4-5-16(14)36(34,35)13-8-15(19(31)32)29(10-13)17-9-21(17,11-26)20(27)33/h1-7,13,15,17H,8-10H2,(H2,27,33)(H,31,32)/t13-,15+,17?,21?/m1/s1. The van der Waals surface area contributed by atoms with Crippen molar-refractivity contribution in [2.24, 2.45) is 11.1 Å². The molecule has 2 fully saturated rings. The third kappa shape index (κ3) is 4.03. The minimum absolute atomic E-state index is 0.107. The fourth-order valence-corrected chi connectivity index (χ4v) is 6.58. The van der Waals surface area contributed by atoms with Crippen molar-refractivity contribution >= 4 is 21.7 Å². The monoisotopic (exact) mass is 524 g/mol. The Morgan fingerprint density at radius 1 is 1.22 bits per heavy atom. The molecule has 4 atom stereocenters. The Labute approximate surface area is 202 Å². The normalized spacial score (nSPS) is 26.3. The number of nitriles is 1. The van der Waals surface area contributed by atoms with Crippen molar-refractivity contribution in [3.05, 3.63) is 58.5 Å². The van der Waals surface area contributed by atoms with Gasteiger partial charge in [0.1, 0.15) is 6.04 Å². The number of rotatable bonds is 6. The summed E-state index contributed by atoms with van der Waals surface area (Å²) in [6.45, 7) is -0.502. The minimum atomic E-state index is -5.11. The maximum atomic E-state index is 14.0. The summed E-state index contributed by atoms with van der Waals surface area (Å²) in [6, 6.07) is 5.62. The Bertz CT molecular complexity index is 1470. The second-order valence-electron chi connectivity index (χ2n) is 8.71. The van der Waals surface area contributed by atoms with Crippen molar-refractivity contribution in [1.29, 1.82) is 5.26 Å². The van der Waals surface area contributed by atoms with Crippen molar-refractivity contribution in [1.82, 2.24) is 9.47 Å². The zero-order valence-corrected chi connectivity index (χ0v) is 19.2. The first kappa shape index (κ1) is 25.4. The first-order valence-electron chi connectivity index (χ1n) is 10.6. The van der Waals surface area contributed by atoms with Gasteiger partial charge in [-0.3, -0.25) is 23.9 Å². The number of amides is 1. The molecule has 2 heterocycles. The van der Waals surface area contributed by atoms with Crippen LogP contribution in [0.15, 0.2) is 52.3 Å². The van der Waals surface area contributed by atoms with Gasteiger partial charge in [-0.05, 0) is 37.1 Å². The van der Waals surface area contributed by atoms with Crippen LogP contribution in [0.3, 0.4) is 0 Å². The number of carbonyl (C=O) groups excluding carboxylic acids is 1. The summed E-state index contributed by atoms with van der Waals surface area (Å²) in [6.07, 6.45) is -4.54. The number of hydrogen-bond acceptors (Lipinski definition) is 7. The minimum Gasteiger partial charge on any atom is -0.480 e. The number of primary amides is 1. The van der Waals surface area contributed by atoms with Crippen molar-refractivity contribution in [2.45, 2.75) is 41.2 Å². The van der Waals surface area contributed by atoms with Gasteiger partial charge in [0.05, 0.1) is 21.8 Å². The molecule has 0 bridgehead atoms. The smallest absolute Gasteiger partial charge is 0.417 e. The number of alkyl halides is 3. The van der Waals surface area contributed by atoms with Gasteiger partial charge in [-0.1, -0.05) is 6.07 Å². The fraction of sp³-hybridized carbons (Fsp3) is 0.364. The average molecular weight is 524 g/mol. The van der Waals surface area contributed by atoms with Crippen molar-refractivity contribution < 1.29 is 36.3 Å². The summed E-state index contributed by atoms with van der Waals surface area (Å²) in [4.78, 5) is 35.7. The van der Waals surface area contributed by atoms with E-state index in [-0.39, 0.29) is 12.1 Å². The molecule has 2 unspecified atom stereocenters. The van der Waals surface area contributed by atoms with Crippen LogP contribution in [0.25, 0.3) is 5.69 Å². The number of nitrogens with zero attached hydrogens (tertiary/aromatic N) is 3. The first-order chi connectivity index (χ1) is 16.7. The number of aliphatic carboxylic acids is 1. The number of sulfone groups is 1. The largest absolute Gasteiger partial charge is 0.480 e. The summed E-state index contributed by atoms with van der Waals surface area (Å²) < 4.78 is 69.6. The second kappa shape index (κ2) is 8.45. The van der Waals surface area contributed by atoms with Crippen LogP contribution < -0.4 is 11.3 Å². The molecule has 1 aromatic heterocycles. The van der Waals surface area contributed by atoms with Gasteiger partial charge < -0.3 is 10.8 Å². The average Bonchev–Trinajstić information content (AvgIpc) is 3.39. The van der Waals surface area contributed by atoms with E-state index in [9.17, 15) is 46.3 Å². The molecule has 3 N–H and O–H groups in total. The molecular weight excluding hydrogens is 505 g/mol. The number of pyridine rings is 1. The lowest BCUT2D eigenvalue weighted by molar-refractivity contribution is -0.143. The van der Waals surface area contributed by atoms with Crippen LogP contribution in [0.4, 0.5) is 13.2 Å². The van der Waals surface area contributed by atoms with Gasteiger partial charge in [0.15, 0.2) is 15.3 Å². The molecule has 10 nitrogen and oxygen atoms in total. The highest BCUT2D eigenvalue weighted by atomic mass is 32.2. The molecule has 1 aromatic carbocycles. The van der Waals surface area contributed by atoms with Crippen LogP contribution in [0.5, 0.6) is 0 Å². The van der Waals surface area contributed by atoms with E-state index < -0.39 is 79.6 Å². The molecule has 2 aliphatic rings. The summed E-state index contributed by atoms with van der Waals surface area (Å²) in [5.41, 5.74) is 1.25. The SMILES string of the molecule is N#CC1(C(N)=O)CC1N1C[C@H](S(=O)(=O)c2ccc(-n3ccccc3=O)cc2C(F)(F)F)C[C@H]1C(=O)O. The van der Waals surface area contributed by atoms with E-state index in [0.29, 0.717) is 6.07 Å². The van der Waals surface area contributed by atoms with Crippen LogP contribution in [0.1, 0.15) is 18.4 Å². The molecule has 1 saturated heterocycles. The van der Waals surface area contributed by atoms with E-state index in [1.807, 2.05) is 0 Å². The van der Waals surface area contributed by atoms with Crippen LogP contribution in [-0.2, 0) is 25.6 Å².